The van der Waals surface area contributed by atoms with Gasteiger partial charge in [-0.05, 0) is 59.0 Å². The Bertz CT molecular complexity index is 1100. The average Bonchev–Trinajstić information content (AvgIpc) is 3.16. The topological polar surface area (TPSA) is 69.4 Å². The van der Waals surface area contributed by atoms with Gasteiger partial charge in [-0.15, -0.1) is 5.10 Å². The summed E-state index contributed by atoms with van der Waals surface area (Å²) in [6, 6.07) is 16.8. The van der Waals surface area contributed by atoms with Crippen LogP contribution in [0.1, 0.15) is 15.9 Å². The Morgan fingerprint density at radius 3 is 2.72 bits per heavy atom. The van der Waals surface area contributed by atoms with Crippen molar-refractivity contribution in [3.05, 3.63) is 71.8 Å². The first kappa shape index (κ1) is 15.0. The summed E-state index contributed by atoms with van der Waals surface area (Å²) in [5, 5.41) is 12.8. The third-order valence-electron chi connectivity index (χ3n) is 3.99. The molecule has 6 nitrogen and oxygen atoms in total. The van der Waals surface area contributed by atoms with E-state index in [1.165, 1.54) is 6.08 Å². The fourth-order valence-electron chi connectivity index (χ4n) is 2.70. The van der Waals surface area contributed by atoms with E-state index in [9.17, 15) is 4.79 Å². The number of carbonyl (C=O) groups excluding carboxylic acids is 1. The molecule has 0 aliphatic heterocycles. The van der Waals surface area contributed by atoms with E-state index >= 15 is 0 Å². The van der Waals surface area contributed by atoms with E-state index < -0.39 is 0 Å². The predicted octanol–water partition coefficient (Wildman–Crippen LogP) is 3.18. The minimum Gasteiger partial charge on any atom is -0.497 e. The standard InChI is InChI=1S/C19H14N4O2/c1-25-16-9-6-13(7-10-16)18(24)11-8-15-12-14-4-2-3-5-17(14)23-19(15)20-21-22-23/h2-12H,1H3/b11-8+. The van der Waals surface area contributed by atoms with Gasteiger partial charge in [0.1, 0.15) is 5.75 Å². The van der Waals surface area contributed by atoms with Crippen molar-refractivity contribution < 1.29 is 9.53 Å². The number of methoxy groups -OCH3 is 1. The monoisotopic (exact) mass is 330 g/mol. The third kappa shape index (κ3) is 2.74. The molecule has 0 bridgehead atoms. The number of pyridine rings is 1. The Labute approximate surface area is 143 Å². The number of rotatable bonds is 4. The number of ether oxygens (including phenoxy) is 1. The number of tetrazole rings is 1. The number of allylic oxidation sites excluding steroid dienone is 1. The maximum absolute atomic E-state index is 12.4. The molecule has 4 aromatic rings. The van der Waals surface area contributed by atoms with Gasteiger partial charge in [0.2, 0.25) is 0 Å². The van der Waals surface area contributed by atoms with Crippen LogP contribution in [0.4, 0.5) is 0 Å². The number of hydrogen-bond donors (Lipinski definition) is 0. The number of fused-ring (bicyclic) bond motifs is 3. The second kappa shape index (κ2) is 6.16. The SMILES string of the molecule is COc1ccc(C(=O)/C=C/c2cc3ccccc3n3nnnc23)cc1. The quantitative estimate of drug-likeness (QED) is 0.424. The van der Waals surface area contributed by atoms with E-state index in [2.05, 4.69) is 15.5 Å². The van der Waals surface area contributed by atoms with Gasteiger partial charge in [0.15, 0.2) is 11.4 Å². The van der Waals surface area contributed by atoms with Crippen LogP contribution in [-0.2, 0) is 0 Å². The number of benzene rings is 2. The molecule has 0 atom stereocenters. The molecule has 0 N–H and O–H groups in total. The van der Waals surface area contributed by atoms with Gasteiger partial charge in [0.25, 0.3) is 0 Å². The molecular formula is C19H14N4O2. The number of para-hydroxylation sites is 1. The first-order chi connectivity index (χ1) is 12.3. The van der Waals surface area contributed by atoms with Gasteiger partial charge in [-0.3, -0.25) is 4.79 Å². The molecule has 122 valence electrons. The maximum Gasteiger partial charge on any atom is 0.187 e. The molecule has 0 spiro atoms. The van der Waals surface area contributed by atoms with Crippen LogP contribution >= 0.6 is 0 Å². The van der Waals surface area contributed by atoms with E-state index in [1.807, 2.05) is 30.3 Å². The van der Waals surface area contributed by atoms with Gasteiger partial charge in [-0.25, -0.2) is 0 Å². The molecule has 0 aliphatic rings. The number of nitrogens with zero attached hydrogens (tertiary/aromatic N) is 4. The molecular weight excluding hydrogens is 316 g/mol. The second-order valence-corrected chi connectivity index (χ2v) is 5.50. The van der Waals surface area contributed by atoms with Crippen molar-refractivity contribution in [1.82, 2.24) is 20.0 Å². The molecule has 4 rings (SSSR count). The highest BCUT2D eigenvalue weighted by Crippen LogP contribution is 2.20. The molecule has 0 unspecified atom stereocenters. The molecule has 0 saturated heterocycles. The number of hydrogen-bond acceptors (Lipinski definition) is 5. The van der Waals surface area contributed by atoms with E-state index in [0.717, 1.165) is 16.5 Å². The molecule has 2 heterocycles. The van der Waals surface area contributed by atoms with Crippen molar-refractivity contribution in [3.8, 4) is 5.75 Å². The fraction of sp³-hybridized carbons (Fsp3) is 0.0526. The molecule has 0 fully saturated rings. The normalized spacial score (nSPS) is 11.4. The van der Waals surface area contributed by atoms with Crippen LogP contribution in [-0.4, -0.2) is 32.9 Å². The van der Waals surface area contributed by atoms with E-state index in [4.69, 9.17) is 4.74 Å². The predicted molar refractivity (Wildman–Crippen MR) is 94.6 cm³/mol. The van der Waals surface area contributed by atoms with Gasteiger partial charge < -0.3 is 4.74 Å². The van der Waals surface area contributed by atoms with Crippen LogP contribution < -0.4 is 4.74 Å². The minimum absolute atomic E-state index is 0.0959. The molecule has 0 amide bonds. The van der Waals surface area contributed by atoms with Gasteiger partial charge in [-0.2, -0.15) is 4.52 Å². The lowest BCUT2D eigenvalue weighted by atomic mass is 10.1. The van der Waals surface area contributed by atoms with Crippen LogP contribution in [0.5, 0.6) is 5.75 Å². The van der Waals surface area contributed by atoms with E-state index in [0.29, 0.717) is 17.0 Å². The lowest BCUT2D eigenvalue weighted by Gasteiger charge is -2.03. The van der Waals surface area contributed by atoms with Crippen LogP contribution in [0, 0.1) is 0 Å². The zero-order chi connectivity index (χ0) is 17.2. The van der Waals surface area contributed by atoms with Gasteiger partial charge >= 0.3 is 0 Å². The molecule has 0 aliphatic carbocycles. The van der Waals surface area contributed by atoms with Crippen molar-refractivity contribution in [1.29, 1.82) is 0 Å². The Morgan fingerprint density at radius 1 is 1.12 bits per heavy atom. The van der Waals surface area contributed by atoms with Crippen LogP contribution in [0.3, 0.4) is 0 Å². The minimum atomic E-state index is -0.0959. The summed E-state index contributed by atoms with van der Waals surface area (Å²) in [6.07, 6.45) is 3.27. The summed E-state index contributed by atoms with van der Waals surface area (Å²) in [7, 11) is 1.59. The smallest absolute Gasteiger partial charge is 0.187 e. The summed E-state index contributed by atoms with van der Waals surface area (Å²) in [5.74, 6) is 0.618. The van der Waals surface area contributed by atoms with E-state index in [1.54, 1.807) is 42.0 Å². The number of aromatic nitrogens is 4. The average molecular weight is 330 g/mol. The summed E-state index contributed by atoms with van der Waals surface area (Å²) in [6.45, 7) is 0. The Balaban J connectivity index is 1.72. The molecule has 6 heteroatoms. The van der Waals surface area contributed by atoms with Crippen molar-refractivity contribution in [3.63, 3.8) is 0 Å². The van der Waals surface area contributed by atoms with Crippen molar-refractivity contribution in [2.75, 3.05) is 7.11 Å². The summed E-state index contributed by atoms with van der Waals surface area (Å²) < 4.78 is 6.78. The van der Waals surface area contributed by atoms with Crippen LogP contribution in [0.15, 0.2) is 60.7 Å². The third-order valence-corrected chi connectivity index (χ3v) is 3.99. The van der Waals surface area contributed by atoms with Crippen molar-refractivity contribution >= 4 is 28.4 Å². The van der Waals surface area contributed by atoms with Gasteiger partial charge in [-0.1, -0.05) is 18.2 Å². The van der Waals surface area contributed by atoms with Crippen molar-refractivity contribution in [2.24, 2.45) is 0 Å². The number of ketones is 1. The first-order valence-electron chi connectivity index (χ1n) is 7.72. The highest BCUT2D eigenvalue weighted by atomic mass is 16.5. The maximum atomic E-state index is 12.4. The molecule has 2 aromatic carbocycles. The molecule has 2 aromatic heterocycles. The second-order valence-electron chi connectivity index (χ2n) is 5.50. The summed E-state index contributed by atoms with van der Waals surface area (Å²) >= 11 is 0. The molecule has 25 heavy (non-hydrogen) atoms. The van der Waals surface area contributed by atoms with Crippen LogP contribution in [0.25, 0.3) is 22.6 Å². The Kier molecular flexibility index (Phi) is 3.70. The highest BCUT2D eigenvalue weighted by Gasteiger charge is 2.08. The molecule has 0 saturated carbocycles. The first-order valence-corrected chi connectivity index (χ1v) is 7.72. The Morgan fingerprint density at radius 2 is 1.92 bits per heavy atom. The van der Waals surface area contributed by atoms with Crippen LogP contribution in [0.2, 0.25) is 0 Å². The number of carbonyl (C=O) groups is 1. The van der Waals surface area contributed by atoms with E-state index in [-0.39, 0.29) is 5.78 Å². The van der Waals surface area contributed by atoms with Gasteiger partial charge in [0.05, 0.1) is 12.6 Å². The van der Waals surface area contributed by atoms with Crippen molar-refractivity contribution in [2.45, 2.75) is 0 Å². The summed E-state index contributed by atoms with van der Waals surface area (Å²) in [5.41, 5.74) is 2.90. The summed E-state index contributed by atoms with van der Waals surface area (Å²) in [4.78, 5) is 12.4. The highest BCUT2D eigenvalue weighted by molar-refractivity contribution is 6.07. The fourth-order valence-corrected chi connectivity index (χ4v) is 2.70. The van der Waals surface area contributed by atoms with Gasteiger partial charge in [0, 0.05) is 16.5 Å². The largest absolute Gasteiger partial charge is 0.497 e. The lowest BCUT2D eigenvalue weighted by Crippen LogP contribution is -1.96. The Hall–Kier alpha value is -3.54. The molecule has 0 radical (unpaired) electrons. The zero-order valence-electron chi connectivity index (χ0n) is 13.5. The lowest BCUT2D eigenvalue weighted by molar-refractivity contribution is 0.104. The zero-order valence-corrected chi connectivity index (χ0v) is 13.5.